The zero-order valence-corrected chi connectivity index (χ0v) is 10.7. The SMILES string of the molecule is CCC(C(=O)O)N(C)c1nccc(C)c1C(N)=O. The first kappa shape index (κ1) is 14.0. The number of anilines is 1. The number of carboxylic acid groups (broad SMARTS) is 1. The van der Waals surface area contributed by atoms with Crippen LogP contribution in [0.4, 0.5) is 5.82 Å². The van der Waals surface area contributed by atoms with Crippen molar-refractivity contribution < 1.29 is 14.7 Å². The molecule has 1 unspecified atom stereocenters. The molecule has 0 saturated heterocycles. The number of aryl methyl sites for hydroxylation is 1. The lowest BCUT2D eigenvalue weighted by Crippen LogP contribution is -2.39. The van der Waals surface area contributed by atoms with Crippen LogP contribution in [0.1, 0.15) is 29.3 Å². The largest absolute Gasteiger partial charge is 0.480 e. The number of hydrogen-bond donors (Lipinski definition) is 2. The molecule has 0 saturated carbocycles. The molecule has 0 aromatic carbocycles. The van der Waals surface area contributed by atoms with Gasteiger partial charge in [-0.05, 0) is 25.0 Å². The molecule has 1 aromatic rings. The highest BCUT2D eigenvalue weighted by molar-refractivity contribution is 5.99. The molecule has 0 spiro atoms. The first-order valence-corrected chi connectivity index (χ1v) is 5.61. The van der Waals surface area contributed by atoms with Crippen LogP contribution in [0.5, 0.6) is 0 Å². The van der Waals surface area contributed by atoms with Crippen molar-refractivity contribution in [3.05, 3.63) is 23.4 Å². The Hall–Kier alpha value is -2.11. The van der Waals surface area contributed by atoms with E-state index in [4.69, 9.17) is 10.8 Å². The number of amides is 1. The molecule has 3 N–H and O–H groups in total. The number of carboxylic acids is 1. The van der Waals surface area contributed by atoms with E-state index >= 15 is 0 Å². The standard InChI is InChI=1S/C12H17N3O3/c1-4-8(12(17)18)15(3)11-9(10(13)16)7(2)5-6-14-11/h5-6,8H,4H2,1-3H3,(H2,13,16)(H,17,18). The molecule has 1 amide bonds. The van der Waals surface area contributed by atoms with Gasteiger partial charge in [-0.3, -0.25) is 4.79 Å². The Morgan fingerprint density at radius 1 is 1.56 bits per heavy atom. The van der Waals surface area contributed by atoms with Gasteiger partial charge in [0.15, 0.2) is 0 Å². The molecular formula is C12H17N3O3. The maximum absolute atomic E-state index is 11.4. The summed E-state index contributed by atoms with van der Waals surface area (Å²) in [7, 11) is 1.59. The molecule has 1 aromatic heterocycles. The van der Waals surface area contributed by atoms with Gasteiger partial charge in [-0.1, -0.05) is 6.92 Å². The van der Waals surface area contributed by atoms with Crippen LogP contribution in [0, 0.1) is 6.92 Å². The van der Waals surface area contributed by atoms with E-state index in [1.165, 1.54) is 11.1 Å². The van der Waals surface area contributed by atoms with Crippen molar-refractivity contribution in [2.75, 3.05) is 11.9 Å². The van der Waals surface area contributed by atoms with Gasteiger partial charge in [-0.25, -0.2) is 9.78 Å². The van der Waals surface area contributed by atoms with Crippen LogP contribution in [-0.4, -0.2) is 35.1 Å². The molecule has 0 radical (unpaired) electrons. The zero-order valence-electron chi connectivity index (χ0n) is 10.7. The monoisotopic (exact) mass is 251 g/mol. The first-order chi connectivity index (χ1) is 8.40. The maximum atomic E-state index is 11.4. The average molecular weight is 251 g/mol. The topological polar surface area (TPSA) is 96.5 Å². The van der Waals surface area contributed by atoms with Crippen LogP contribution < -0.4 is 10.6 Å². The zero-order chi connectivity index (χ0) is 13.9. The number of aliphatic carboxylic acids is 1. The first-order valence-electron chi connectivity index (χ1n) is 5.61. The Morgan fingerprint density at radius 3 is 2.61 bits per heavy atom. The quantitative estimate of drug-likeness (QED) is 0.806. The second-order valence-corrected chi connectivity index (χ2v) is 4.06. The number of nitrogens with two attached hydrogens (primary N) is 1. The highest BCUT2D eigenvalue weighted by Crippen LogP contribution is 2.22. The van der Waals surface area contributed by atoms with Crippen LogP contribution in [-0.2, 0) is 4.79 Å². The van der Waals surface area contributed by atoms with Crippen molar-refractivity contribution in [2.24, 2.45) is 5.73 Å². The van der Waals surface area contributed by atoms with E-state index in [1.807, 2.05) is 0 Å². The number of aromatic nitrogens is 1. The Morgan fingerprint density at radius 2 is 2.17 bits per heavy atom. The van der Waals surface area contributed by atoms with Crippen LogP contribution in [0.25, 0.3) is 0 Å². The van der Waals surface area contributed by atoms with Crippen molar-refractivity contribution in [3.8, 4) is 0 Å². The summed E-state index contributed by atoms with van der Waals surface area (Å²) in [5, 5.41) is 9.12. The van der Waals surface area contributed by atoms with Crippen molar-refractivity contribution >= 4 is 17.7 Å². The smallest absolute Gasteiger partial charge is 0.326 e. The van der Waals surface area contributed by atoms with E-state index < -0.39 is 17.9 Å². The number of hydrogen-bond acceptors (Lipinski definition) is 4. The van der Waals surface area contributed by atoms with Gasteiger partial charge in [0.05, 0.1) is 5.56 Å². The molecule has 1 atom stereocenters. The number of pyridine rings is 1. The number of carbonyl (C=O) groups excluding carboxylic acids is 1. The van der Waals surface area contributed by atoms with Crippen LogP contribution in [0.15, 0.2) is 12.3 Å². The molecule has 0 aliphatic carbocycles. The molecule has 1 rings (SSSR count). The van der Waals surface area contributed by atoms with E-state index in [0.29, 0.717) is 17.8 Å². The van der Waals surface area contributed by atoms with Crippen LogP contribution in [0.2, 0.25) is 0 Å². The van der Waals surface area contributed by atoms with E-state index in [0.717, 1.165) is 0 Å². The summed E-state index contributed by atoms with van der Waals surface area (Å²) in [5.41, 5.74) is 6.26. The molecule has 0 fully saturated rings. The van der Waals surface area contributed by atoms with Gasteiger partial charge >= 0.3 is 5.97 Å². The Bertz CT molecular complexity index is 474. The molecule has 18 heavy (non-hydrogen) atoms. The van der Waals surface area contributed by atoms with Crippen molar-refractivity contribution in [1.82, 2.24) is 4.98 Å². The minimum atomic E-state index is -0.960. The van der Waals surface area contributed by atoms with Crippen LogP contribution in [0.3, 0.4) is 0 Å². The summed E-state index contributed by atoms with van der Waals surface area (Å²) < 4.78 is 0. The molecule has 98 valence electrons. The molecule has 0 aliphatic heterocycles. The number of rotatable bonds is 5. The Kier molecular flexibility index (Phi) is 4.25. The van der Waals surface area contributed by atoms with Gasteiger partial charge in [0.1, 0.15) is 11.9 Å². The number of primary amides is 1. The van der Waals surface area contributed by atoms with Crippen LogP contribution >= 0.6 is 0 Å². The van der Waals surface area contributed by atoms with E-state index in [-0.39, 0.29) is 5.56 Å². The second kappa shape index (κ2) is 5.48. The Labute approximate surface area is 105 Å². The van der Waals surface area contributed by atoms with Gasteiger partial charge < -0.3 is 15.7 Å². The summed E-state index contributed by atoms with van der Waals surface area (Å²) in [4.78, 5) is 28.1. The number of nitrogens with zero attached hydrogens (tertiary/aromatic N) is 2. The molecule has 6 heteroatoms. The second-order valence-electron chi connectivity index (χ2n) is 4.06. The fourth-order valence-electron chi connectivity index (χ4n) is 1.88. The van der Waals surface area contributed by atoms with E-state index in [9.17, 15) is 9.59 Å². The van der Waals surface area contributed by atoms with E-state index in [2.05, 4.69) is 4.98 Å². The Balaban J connectivity index is 3.28. The normalized spacial score (nSPS) is 11.9. The number of carbonyl (C=O) groups is 2. The summed E-state index contributed by atoms with van der Waals surface area (Å²) in [5.74, 6) is -1.27. The molecular weight excluding hydrogens is 234 g/mol. The minimum absolute atomic E-state index is 0.264. The number of likely N-dealkylation sites (N-methyl/N-ethyl adjacent to an activating group) is 1. The summed E-state index contributed by atoms with van der Waals surface area (Å²) in [6, 6.07) is 0.927. The van der Waals surface area contributed by atoms with Gasteiger partial charge in [-0.2, -0.15) is 0 Å². The molecule has 0 bridgehead atoms. The van der Waals surface area contributed by atoms with Gasteiger partial charge in [-0.15, -0.1) is 0 Å². The van der Waals surface area contributed by atoms with Crippen molar-refractivity contribution in [3.63, 3.8) is 0 Å². The summed E-state index contributed by atoms with van der Waals surface area (Å²) in [6.45, 7) is 3.50. The molecule has 1 heterocycles. The summed E-state index contributed by atoms with van der Waals surface area (Å²) in [6.07, 6.45) is 1.93. The third kappa shape index (κ3) is 2.58. The highest BCUT2D eigenvalue weighted by Gasteiger charge is 2.25. The minimum Gasteiger partial charge on any atom is -0.480 e. The van der Waals surface area contributed by atoms with E-state index in [1.54, 1.807) is 27.0 Å². The van der Waals surface area contributed by atoms with Crippen molar-refractivity contribution in [1.29, 1.82) is 0 Å². The predicted octanol–water partition coefficient (Wildman–Crippen LogP) is 0.788. The molecule has 6 nitrogen and oxygen atoms in total. The lowest BCUT2D eigenvalue weighted by Gasteiger charge is -2.26. The fourth-order valence-corrected chi connectivity index (χ4v) is 1.88. The average Bonchev–Trinajstić information content (AvgIpc) is 2.28. The molecule has 0 aliphatic rings. The van der Waals surface area contributed by atoms with Gasteiger partial charge in [0.2, 0.25) is 0 Å². The lowest BCUT2D eigenvalue weighted by atomic mass is 10.1. The fraction of sp³-hybridized carbons (Fsp3) is 0.417. The predicted molar refractivity (Wildman–Crippen MR) is 67.6 cm³/mol. The van der Waals surface area contributed by atoms with Gasteiger partial charge in [0.25, 0.3) is 5.91 Å². The van der Waals surface area contributed by atoms with Crippen molar-refractivity contribution in [2.45, 2.75) is 26.3 Å². The summed E-state index contributed by atoms with van der Waals surface area (Å²) >= 11 is 0. The third-order valence-corrected chi connectivity index (χ3v) is 2.86. The lowest BCUT2D eigenvalue weighted by molar-refractivity contribution is -0.138. The maximum Gasteiger partial charge on any atom is 0.326 e. The van der Waals surface area contributed by atoms with Gasteiger partial charge in [0, 0.05) is 13.2 Å². The highest BCUT2D eigenvalue weighted by atomic mass is 16.4. The third-order valence-electron chi connectivity index (χ3n) is 2.86.